The van der Waals surface area contributed by atoms with Crippen LogP contribution in [0.5, 0.6) is 0 Å². The lowest BCUT2D eigenvalue weighted by Gasteiger charge is -2.12. The van der Waals surface area contributed by atoms with Gasteiger partial charge in [0.25, 0.3) is 0 Å². The summed E-state index contributed by atoms with van der Waals surface area (Å²) in [5.41, 5.74) is -0.323. The number of aromatic carboxylic acids is 1. The van der Waals surface area contributed by atoms with Crippen LogP contribution >= 0.6 is 0 Å². The number of aromatic nitrogens is 3. The van der Waals surface area contributed by atoms with E-state index in [4.69, 9.17) is 5.11 Å². The molecule has 0 aliphatic carbocycles. The second-order valence-corrected chi connectivity index (χ2v) is 4.19. The van der Waals surface area contributed by atoms with Crippen molar-refractivity contribution in [2.75, 3.05) is 5.32 Å². The van der Waals surface area contributed by atoms with Crippen molar-refractivity contribution in [3.05, 3.63) is 41.7 Å². The lowest BCUT2D eigenvalue weighted by atomic mass is 10.2. The van der Waals surface area contributed by atoms with E-state index >= 15 is 0 Å². The van der Waals surface area contributed by atoms with E-state index in [1.165, 1.54) is 18.5 Å². The smallest absolute Gasteiger partial charge is 0.335 e. The Kier molecular flexibility index (Phi) is 4.12. The number of nitrogens with one attached hydrogen (secondary N) is 3. The molecule has 2 rings (SSSR count). The number of hydrogen-bond donors (Lipinski definition) is 4. The first-order chi connectivity index (χ1) is 9.97. The van der Waals surface area contributed by atoms with Crippen LogP contribution in [0.3, 0.4) is 0 Å². The highest BCUT2D eigenvalue weighted by Crippen LogP contribution is 2.16. The van der Waals surface area contributed by atoms with Gasteiger partial charge in [-0.1, -0.05) is 0 Å². The lowest BCUT2D eigenvalue weighted by Crippen LogP contribution is -2.32. The van der Waals surface area contributed by atoms with Crippen LogP contribution in [0.1, 0.15) is 29.1 Å². The molecule has 0 aliphatic rings. The van der Waals surface area contributed by atoms with Crippen LogP contribution in [0.2, 0.25) is 0 Å². The molecular formula is C12H12FN5O3. The second kappa shape index (κ2) is 5.99. The fourth-order valence-electron chi connectivity index (χ4n) is 1.60. The Labute approximate surface area is 118 Å². The Bertz CT molecular complexity index is 659. The summed E-state index contributed by atoms with van der Waals surface area (Å²) < 4.78 is 13.6. The zero-order valence-corrected chi connectivity index (χ0v) is 10.9. The van der Waals surface area contributed by atoms with Gasteiger partial charge in [-0.25, -0.2) is 19.0 Å². The van der Waals surface area contributed by atoms with Crippen molar-refractivity contribution in [3.63, 3.8) is 0 Å². The zero-order chi connectivity index (χ0) is 15.4. The van der Waals surface area contributed by atoms with E-state index in [2.05, 4.69) is 25.8 Å². The fraction of sp³-hybridized carbons (Fsp3) is 0.167. The number of halogens is 1. The normalized spacial score (nSPS) is 11.7. The highest BCUT2D eigenvalue weighted by Gasteiger charge is 2.14. The summed E-state index contributed by atoms with van der Waals surface area (Å²) in [6, 6.07) is 2.10. The third-order valence-corrected chi connectivity index (χ3v) is 2.66. The fourth-order valence-corrected chi connectivity index (χ4v) is 1.60. The average molecular weight is 293 g/mol. The van der Waals surface area contributed by atoms with Crippen LogP contribution in [-0.2, 0) is 0 Å². The summed E-state index contributed by atoms with van der Waals surface area (Å²) >= 11 is 0. The maximum atomic E-state index is 13.6. The molecule has 9 heteroatoms. The molecule has 110 valence electrons. The van der Waals surface area contributed by atoms with Gasteiger partial charge in [-0.3, -0.25) is 5.10 Å². The van der Waals surface area contributed by atoms with E-state index in [9.17, 15) is 14.0 Å². The summed E-state index contributed by atoms with van der Waals surface area (Å²) in [4.78, 5) is 26.3. The van der Waals surface area contributed by atoms with Crippen molar-refractivity contribution in [1.82, 2.24) is 20.5 Å². The number of H-pyrrole nitrogens is 1. The number of hydrogen-bond acceptors (Lipinski definition) is 4. The van der Waals surface area contributed by atoms with Crippen LogP contribution < -0.4 is 10.6 Å². The Morgan fingerprint density at radius 2 is 2.19 bits per heavy atom. The van der Waals surface area contributed by atoms with Gasteiger partial charge in [0.2, 0.25) is 0 Å². The SMILES string of the molecule is CC(NC(=O)Nc1ccc(C(=O)O)cc1F)c1ncn[nH]1. The average Bonchev–Trinajstić information content (AvgIpc) is 2.94. The Morgan fingerprint density at radius 1 is 1.43 bits per heavy atom. The minimum absolute atomic E-state index is 0.123. The molecule has 21 heavy (non-hydrogen) atoms. The van der Waals surface area contributed by atoms with Gasteiger partial charge < -0.3 is 15.7 Å². The largest absolute Gasteiger partial charge is 0.478 e. The van der Waals surface area contributed by atoms with Crippen LogP contribution in [0, 0.1) is 5.82 Å². The van der Waals surface area contributed by atoms with E-state index in [-0.39, 0.29) is 11.3 Å². The van der Waals surface area contributed by atoms with E-state index in [0.717, 1.165) is 6.07 Å². The molecule has 1 heterocycles. The van der Waals surface area contributed by atoms with Gasteiger partial charge in [0.05, 0.1) is 17.3 Å². The molecular weight excluding hydrogens is 281 g/mol. The molecule has 2 amide bonds. The number of urea groups is 1. The molecule has 1 atom stereocenters. The third kappa shape index (κ3) is 3.53. The molecule has 1 unspecified atom stereocenters. The highest BCUT2D eigenvalue weighted by molar-refractivity contribution is 5.91. The van der Waals surface area contributed by atoms with Crippen molar-refractivity contribution in [2.45, 2.75) is 13.0 Å². The molecule has 2 aromatic rings. The second-order valence-electron chi connectivity index (χ2n) is 4.19. The van der Waals surface area contributed by atoms with Crippen molar-refractivity contribution in [2.24, 2.45) is 0 Å². The molecule has 0 bridgehead atoms. The van der Waals surface area contributed by atoms with E-state index in [1.807, 2.05) is 0 Å². The molecule has 4 N–H and O–H groups in total. The van der Waals surface area contributed by atoms with E-state index < -0.39 is 23.9 Å². The first-order valence-electron chi connectivity index (χ1n) is 5.93. The lowest BCUT2D eigenvalue weighted by molar-refractivity contribution is 0.0696. The number of carboxylic acids is 1. The number of rotatable bonds is 4. The monoisotopic (exact) mass is 293 g/mol. The number of aromatic amines is 1. The van der Waals surface area contributed by atoms with Gasteiger partial charge in [0.1, 0.15) is 18.0 Å². The van der Waals surface area contributed by atoms with Gasteiger partial charge in [-0.05, 0) is 25.1 Å². The minimum atomic E-state index is -1.25. The summed E-state index contributed by atoms with van der Waals surface area (Å²) in [6.45, 7) is 1.67. The highest BCUT2D eigenvalue weighted by atomic mass is 19.1. The molecule has 0 radical (unpaired) electrons. The first-order valence-corrected chi connectivity index (χ1v) is 5.93. The van der Waals surface area contributed by atoms with Crippen molar-refractivity contribution < 1.29 is 19.1 Å². The van der Waals surface area contributed by atoms with Crippen LogP contribution in [0.25, 0.3) is 0 Å². The van der Waals surface area contributed by atoms with Gasteiger partial charge >= 0.3 is 12.0 Å². The number of anilines is 1. The predicted octanol–water partition coefficient (Wildman–Crippen LogP) is 1.52. The number of carbonyl (C=O) groups excluding carboxylic acids is 1. The summed E-state index contributed by atoms with van der Waals surface area (Å²) in [7, 11) is 0. The van der Waals surface area contributed by atoms with Crippen molar-refractivity contribution in [1.29, 1.82) is 0 Å². The molecule has 0 aliphatic heterocycles. The van der Waals surface area contributed by atoms with Crippen LogP contribution in [0.15, 0.2) is 24.5 Å². The molecule has 8 nitrogen and oxygen atoms in total. The van der Waals surface area contributed by atoms with Gasteiger partial charge in [-0.2, -0.15) is 5.10 Å². The Morgan fingerprint density at radius 3 is 2.76 bits per heavy atom. The first kappa shape index (κ1) is 14.4. The number of amides is 2. The van der Waals surface area contributed by atoms with Gasteiger partial charge in [-0.15, -0.1) is 0 Å². The molecule has 0 saturated heterocycles. The maximum Gasteiger partial charge on any atom is 0.335 e. The van der Waals surface area contributed by atoms with E-state index in [0.29, 0.717) is 5.82 Å². The molecule has 0 saturated carbocycles. The Balaban J connectivity index is 2.01. The zero-order valence-electron chi connectivity index (χ0n) is 10.9. The number of nitrogens with zero attached hydrogens (tertiary/aromatic N) is 2. The van der Waals surface area contributed by atoms with E-state index in [1.54, 1.807) is 6.92 Å². The quantitative estimate of drug-likeness (QED) is 0.681. The number of carbonyl (C=O) groups is 2. The minimum Gasteiger partial charge on any atom is -0.478 e. The number of carboxylic acid groups (broad SMARTS) is 1. The Hall–Kier alpha value is -2.97. The van der Waals surface area contributed by atoms with Crippen molar-refractivity contribution >= 4 is 17.7 Å². The van der Waals surface area contributed by atoms with Crippen LogP contribution in [-0.4, -0.2) is 32.3 Å². The predicted molar refractivity (Wildman–Crippen MR) is 70.3 cm³/mol. The topological polar surface area (TPSA) is 120 Å². The van der Waals surface area contributed by atoms with Gasteiger partial charge in [0, 0.05) is 0 Å². The summed E-state index contributed by atoms with van der Waals surface area (Å²) in [5.74, 6) is -1.63. The van der Waals surface area contributed by atoms with Crippen LogP contribution in [0.4, 0.5) is 14.9 Å². The number of benzene rings is 1. The summed E-state index contributed by atoms with van der Waals surface area (Å²) in [6.07, 6.45) is 1.30. The van der Waals surface area contributed by atoms with Gasteiger partial charge in [0.15, 0.2) is 0 Å². The molecule has 0 fully saturated rings. The molecule has 1 aromatic carbocycles. The van der Waals surface area contributed by atoms with Crippen molar-refractivity contribution in [3.8, 4) is 0 Å². The third-order valence-electron chi connectivity index (χ3n) is 2.66. The molecule has 0 spiro atoms. The standard InChI is InChI=1S/C12H12FN5O3/c1-6(10-14-5-15-18-10)16-12(21)17-9-3-2-7(11(19)20)4-8(9)13/h2-6H,1H3,(H,19,20)(H,14,15,18)(H2,16,17,21). The molecule has 1 aromatic heterocycles. The maximum absolute atomic E-state index is 13.6. The summed E-state index contributed by atoms with van der Waals surface area (Å²) in [5, 5.41) is 19.8.